The lowest BCUT2D eigenvalue weighted by Crippen LogP contribution is -2.33. The van der Waals surface area contributed by atoms with E-state index in [1.54, 1.807) is 12.4 Å². The molecule has 22 heavy (non-hydrogen) atoms. The quantitative estimate of drug-likeness (QED) is 0.828. The normalized spacial score (nSPS) is 17.0. The summed E-state index contributed by atoms with van der Waals surface area (Å²) in [4.78, 5) is 27.2. The number of carbonyl (C=O) groups is 1. The number of nitrogens with zero attached hydrogens (tertiary/aromatic N) is 4. The van der Waals surface area contributed by atoms with Crippen LogP contribution in [0.4, 0.5) is 4.79 Å². The molecule has 1 atom stereocenters. The Morgan fingerprint density at radius 2 is 2.32 bits per heavy atom. The van der Waals surface area contributed by atoms with Crippen molar-refractivity contribution in [3.63, 3.8) is 0 Å². The van der Waals surface area contributed by atoms with Crippen LogP contribution in [-0.4, -0.2) is 30.6 Å². The number of ether oxygens (including phenoxy) is 1. The van der Waals surface area contributed by atoms with E-state index in [9.17, 15) is 9.59 Å². The molecule has 0 aliphatic carbocycles. The van der Waals surface area contributed by atoms with Gasteiger partial charge in [-0.2, -0.15) is 5.10 Å². The molecular formula is C13H13BrN4O4. The zero-order chi connectivity index (χ0) is 15.7. The summed E-state index contributed by atoms with van der Waals surface area (Å²) in [5, 5.41) is 13.1. The van der Waals surface area contributed by atoms with Gasteiger partial charge in [0.25, 0.3) is 0 Å². The van der Waals surface area contributed by atoms with E-state index < -0.39 is 12.4 Å². The van der Waals surface area contributed by atoms with Gasteiger partial charge in [-0.05, 0) is 34.0 Å². The molecule has 2 aromatic heterocycles. The van der Waals surface area contributed by atoms with Gasteiger partial charge in [-0.25, -0.2) is 18.8 Å². The van der Waals surface area contributed by atoms with Crippen LogP contribution in [0, 0.1) is 0 Å². The summed E-state index contributed by atoms with van der Waals surface area (Å²) in [5.41, 5.74) is 0.448. The van der Waals surface area contributed by atoms with E-state index in [0.717, 1.165) is 16.5 Å². The number of rotatable bonds is 3. The second-order valence-electron chi connectivity index (χ2n) is 4.97. The number of carboxylic acid groups (broad SMARTS) is 1. The average molecular weight is 369 g/mol. The molecule has 116 valence electrons. The molecular weight excluding hydrogens is 356 g/mol. The Kier molecular flexibility index (Phi) is 3.97. The van der Waals surface area contributed by atoms with E-state index in [-0.39, 0.29) is 12.2 Å². The largest absolute Gasteiger partial charge is 0.507 e. The van der Waals surface area contributed by atoms with Crippen molar-refractivity contribution >= 4 is 22.1 Å². The molecule has 0 saturated carbocycles. The predicted molar refractivity (Wildman–Crippen MR) is 78.6 cm³/mol. The number of hydrogen-bond donors (Lipinski definition) is 1. The van der Waals surface area contributed by atoms with E-state index in [1.165, 1.54) is 9.25 Å². The molecule has 0 aromatic carbocycles. The lowest BCUT2D eigenvalue weighted by molar-refractivity contribution is 0.00392. The van der Waals surface area contributed by atoms with Gasteiger partial charge in [0, 0.05) is 29.7 Å². The van der Waals surface area contributed by atoms with Gasteiger partial charge < -0.3 is 9.84 Å². The van der Waals surface area contributed by atoms with Crippen LogP contribution in [0.1, 0.15) is 30.5 Å². The maximum atomic E-state index is 12.5. The predicted octanol–water partition coefficient (Wildman–Crippen LogP) is 1.78. The molecule has 0 spiro atoms. The highest BCUT2D eigenvalue weighted by Crippen LogP contribution is 2.23. The van der Waals surface area contributed by atoms with Crippen LogP contribution < -0.4 is 5.69 Å². The monoisotopic (exact) mass is 368 g/mol. The van der Waals surface area contributed by atoms with Crippen LogP contribution in [-0.2, 0) is 17.7 Å². The van der Waals surface area contributed by atoms with Crippen molar-refractivity contribution < 1.29 is 14.6 Å². The van der Waals surface area contributed by atoms with Crippen LogP contribution in [0.2, 0.25) is 0 Å². The van der Waals surface area contributed by atoms with E-state index in [0.29, 0.717) is 18.7 Å². The standard InChI is InChI=1S/C13H13BrN4O4/c14-9-4-8(5-15-6-9)7-17-12(19)18-10(16-17)2-1-3-11(18)22-13(20)21/h4-6,11H,1-3,7H2,(H,20,21)/t11-/m0/s1. The minimum atomic E-state index is -1.39. The lowest BCUT2D eigenvalue weighted by atomic mass is 10.1. The average Bonchev–Trinajstić information content (AvgIpc) is 2.76. The van der Waals surface area contributed by atoms with Gasteiger partial charge in [0.05, 0.1) is 6.54 Å². The summed E-state index contributed by atoms with van der Waals surface area (Å²) in [6, 6.07) is 1.85. The molecule has 9 heteroatoms. The molecule has 0 unspecified atom stereocenters. The van der Waals surface area contributed by atoms with Crippen LogP contribution in [0.25, 0.3) is 0 Å². The summed E-state index contributed by atoms with van der Waals surface area (Å²) in [7, 11) is 0. The van der Waals surface area contributed by atoms with Gasteiger partial charge in [-0.15, -0.1) is 0 Å². The Hall–Kier alpha value is -2.16. The first-order valence-electron chi connectivity index (χ1n) is 6.72. The molecule has 0 fully saturated rings. The molecule has 0 amide bonds. The third-order valence-electron chi connectivity index (χ3n) is 3.41. The Balaban J connectivity index is 1.93. The Morgan fingerprint density at radius 1 is 1.50 bits per heavy atom. The molecule has 0 saturated heterocycles. The summed E-state index contributed by atoms with van der Waals surface area (Å²) in [6.07, 6.45) is 2.94. The van der Waals surface area contributed by atoms with Gasteiger partial charge in [0.1, 0.15) is 5.82 Å². The fourth-order valence-corrected chi connectivity index (χ4v) is 2.95. The van der Waals surface area contributed by atoms with Gasteiger partial charge in [0.15, 0.2) is 6.23 Å². The van der Waals surface area contributed by atoms with Gasteiger partial charge in [0.2, 0.25) is 0 Å². The fourth-order valence-electron chi connectivity index (χ4n) is 2.54. The summed E-state index contributed by atoms with van der Waals surface area (Å²) in [6.45, 7) is 0.269. The zero-order valence-corrected chi connectivity index (χ0v) is 13.1. The van der Waals surface area contributed by atoms with Crippen molar-refractivity contribution in [2.75, 3.05) is 0 Å². The SMILES string of the molecule is O=C(O)O[C@H]1CCCc2nn(Cc3cncc(Br)c3)c(=O)n21. The maximum absolute atomic E-state index is 12.5. The van der Waals surface area contributed by atoms with Gasteiger partial charge in [-0.3, -0.25) is 4.98 Å². The van der Waals surface area contributed by atoms with Crippen molar-refractivity contribution in [1.29, 1.82) is 0 Å². The van der Waals surface area contributed by atoms with Crippen LogP contribution >= 0.6 is 15.9 Å². The van der Waals surface area contributed by atoms with Crippen LogP contribution in [0.15, 0.2) is 27.7 Å². The van der Waals surface area contributed by atoms with E-state index in [2.05, 4.69) is 26.0 Å². The minimum Gasteiger partial charge on any atom is -0.450 e. The minimum absolute atomic E-state index is 0.269. The van der Waals surface area contributed by atoms with Gasteiger partial charge in [-0.1, -0.05) is 0 Å². The number of pyridine rings is 1. The first kappa shape index (κ1) is 14.8. The summed E-state index contributed by atoms with van der Waals surface area (Å²) >= 11 is 3.33. The van der Waals surface area contributed by atoms with Crippen LogP contribution in [0.5, 0.6) is 0 Å². The molecule has 1 aliphatic rings. The fraction of sp³-hybridized carbons (Fsp3) is 0.385. The molecule has 0 bridgehead atoms. The number of fused-ring (bicyclic) bond motifs is 1. The third-order valence-corrected chi connectivity index (χ3v) is 3.84. The second kappa shape index (κ2) is 5.91. The summed E-state index contributed by atoms with van der Waals surface area (Å²) in [5.74, 6) is 0.547. The van der Waals surface area contributed by atoms with Gasteiger partial charge >= 0.3 is 11.8 Å². The third kappa shape index (κ3) is 2.89. The number of aromatic nitrogens is 4. The maximum Gasteiger partial charge on any atom is 0.507 e. The van der Waals surface area contributed by atoms with Crippen molar-refractivity contribution in [1.82, 2.24) is 19.3 Å². The van der Waals surface area contributed by atoms with Crippen LogP contribution in [0.3, 0.4) is 0 Å². The number of aryl methyl sites for hydroxylation is 1. The smallest absolute Gasteiger partial charge is 0.450 e. The van der Waals surface area contributed by atoms with Crippen molar-refractivity contribution in [2.45, 2.75) is 32.0 Å². The molecule has 8 nitrogen and oxygen atoms in total. The molecule has 1 N–H and O–H groups in total. The first-order valence-corrected chi connectivity index (χ1v) is 7.51. The Labute approximate surface area is 133 Å². The molecule has 3 heterocycles. The molecule has 3 rings (SSSR count). The number of hydrogen-bond acceptors (Lipinski definition) is 5. The van der Waals surface area contributed by atoms with E-state index in [4.69, 9.17) is 9.84 Å². The summed E-state index contributed by atoms with van der Waals surface area (Å²) < 4.78 is 8.23. The highest BCUT2D eigenvalue weighted by Gasteiger charge is 2.28. The topological polar surface area (TPSA) is 99.2 Å². The first-order chi connectivity index (χ1) is 10.5. The molecule has 2 aromatic rings. The van der Waals surface area contributed by atoms with Crippen molar-refractivity contribution in [3.8, 4) is 0 Å². The van der Waals surface area contributed by atoms with E-state index in [1.807, 2.05) is 6.07 Å². The molecule has 1 aliphatic heterocycles. The lowest BCUT2D eigenvalue weighted by Gasteiger charge is -2.21. The highest BCUT2D eigenvalue weighted by atomic mass is 79.9. The second-order valence-corrected chi connectivity index (χ2v) is 5.88. The van der Waals surface area contributed by atoms with Crippen molar-refractivity contribution in [2.24, 2.45) is 0 Å². The molecule has 0 radical (unpaired) electrons. The van der Waals surface area contributed by atoms with Crippen molar-refractivity contribution in [3.05, 3.63) is 44.8 Å². The van der Waals surface area contributed by atoms with E-state index >= 15 is 0 Å². The Morgan fingerprint density at radius 3 is 3.05 bits per heavy atom. The zero-order valence-electron chi connectivity index (χ0n) is 11.5. The highest BCUT2D eigenvalue weighted by molar-refractivity contribution is 9.10. The number of halogens is 1. The Bertz CT molecular complexity index is 770.